The first-order valence-electron chi connectivity index (χ1n) is 6.18. The van der Waals surface area contributed by atoms with Crippen LogP contribution in [0, 0.1) is 5.92 Å². The fraction of sp³-hybridized carbons (Fsp3) is 1.00. The van der Waals surface area contributed by atoms with Crippen LogP contribution in [0.1, 0.15) is 45.4 Å². The molecule has 0 radical (unpaired) electrons. The number of aliphatic hydroxyl groups excluding tert-OH is 1. The van der Waals surface area contributed by atoms with Crippen LogP contribution in [0.3, 0.4) is 0 Å². The van der Waals surface area contributed by atoms with Gasteiger partial charge in [0.25, 0.3) is 0 Å². The number of aliphatic hydroxyl groups is 1. The second-order valence-corrected chi connectivity index (χ2v) is 5.22. The van der Waals surface area contributed by atoms with E-state index in [-0.39, 0.29) is 6.10 Å². The molecule has 0 aromatic carbocycles. The molecule has 0 bridgehead atoms. The van der Waals surface area contributed by atoms with Gasteiger partial charge in [-0.05, 0) is 38.1 Å². The van der Waals surface area contributed by atoms with Crippen molar-refractivity contribution in [3.05, 3.63) is 0 Å². The number of piperidine rings is 1. The van der Waals surface area contributed by atoms with Crippen LogP contribution in [0.2, 0.25) is 0 Å². The van der Waals surface area contributed by atoms with Crippen molar-refractivity contribution in [2.24, 2.45) is 5.92 Å². The Hall–Kier alpha value is -0.0800. The van der Waals surface area contributed by atoms with Crippen molar-refractivity contribution in [3.8, 4) is 0 Å². The van der Waals surface area contributed by atoms with Crippen LogP contribution >= 0.6 is 0 Å². The van der Waals surface area contributed by atoms with Crippen LogP contribution < -0.4 is 0 Å². The first-order valence-corrected chi connectivity index (χ1v) is 6.18. The third kappa shape index (κ3) is 2.48. The highest BCUT2D eigenvalue weighted by atomic mass is 16.3. The van der Waals surface area contributed by atoms with E-state index in [2.05, 4.69) is 11.8 Å². The SMILES string of the molecule is C[C@H]1CCC[C@H](N2CCC[C@H](O)C2)C1. The lowest BCUT2D eigenvalue weighted by Gasteiger charge is -2.40. The Labute approximate surface area is 87.3 Å². The average Bonchev–Trinajstić information content (AvgIpc) is 2.18. The number of rotatable bonds is 1. The van der Waals surface area contributed by atoms with Gasteiger partial charge in [-0.2, -0.15) is 0 Å². The minimum absolute atomic E-state index is 0.0546. The number of hydrogen-bond acceptors (Lipinski definition) is 2. The minimum atomic E-state index is -0.0546. The van der Waals surface area contributed by atoms with Gasteiger partial charge in [0, 0.05) is 12.6 Å². The summed E-state index contributed by atoms with van der Waals surface area (Å²) in [5.41, 5.74) is 0. The number of likely N-dealkylation sites (tertiary alicyclic amines) is 1. The van der Waals surface area contributed by atoms with E-state index in [1.54, 1.807) is 0 Å². The summed E-state index contributed by atoms with van der Waals surface area (Å²) in [4.78, 5) is 2.53. The molecule has 1 N–H and O–H groups in total. The molecule has 2 rings (SSSR count). The molecular weight excluding hydrogens is 174 g/mol. The van der Waals surface area contributed by atoms with E-state index in [1.165, 1.54) is 38.6 Å². The largest absolute Gasteiger partial charge is 0.392 e. The molecule has 0 aromatic heterocycles. The lowest BCUT2D eigenvalue weighted by atomic mass is 9.85. The van der Waals surface area contributed by atoms with E-state index in [1.807, 2.05) is 0 Å². The number of nitrogens with zero attached hydrogens (tertiary/aromatic N) is 1. The molecule has 2 aliphatic rings. The molecule has 1 aliphatic heterocycles. The van der Waals surface area contributed by atoms with Crippen molar-refractivity contribution < 1.29 is 5.11 Å². The van der Waals surface area contributed by atoms with Gasteiger partial charge >= 0.3 is 0 Å². The molecule has 82 valence electrons. The van der Waals surface area contributed by atoms with Gasteiger partial charge < -0.3 is 5.11 Å². The standard InChI is InChI=1S/C12H23NO/c1-10-4-2-5-11(8-10)13-7-3-6-12(14)9-13/h10-12,14H,2-9H2,1H3/t10-,11-,12-/m0/s1. The normalized spacial score (nSPS) is 41.1. The molecule has 1 saturated heterocycles. The van der Waals surface area contributed by atoms with Gasteiger partial charge in [-0.25, -0.2) is 0 Å². The summed E-state index contributed by atoms with van der Waals surface area (Å²) in [5, 5.41) is 9.63. The smallest absolute Gasteiger partial charge is 0.0667 e. The Morgan fingerprint density at radius 3 is 2.71 bits per heavy atom. The third-order valence-corrected chi connectivity index (χ3v) is 3.85. The van der Waals surface area contributed by atoms with E-state index in [0.29, 0.717) is 0 Å². The van der Waals surface area contributed by atoms with Gasteiger partial charge in [0.1, 0.15) is 0 Å². The molecule has 2 nitrogen and oxygen atoms in total. The number of hydrogen-bond donors (Lipinski definition) is 1. The summed E-state index contributed by atoms with van der Waals surface area (Å²) < 4.78 is 0. The van der Waals surface area contributed by atoms with Gasteiger partial charge in [0.15, 0.2) is 0 Å². The van der Waals surface area contributed by atoms with Crippen LogP contribution in [0.5, 0.6) is 0 Å². The van der Waals surface area contributed by atoms with E-state index in [9.17, 15) is 5.11 Å². The van der Waals surface area contributed by atoms with E-state index < -0.39 is 0 Å². The maximum atomic E-state index is 9.63. The van der Waals surface area contributed by atoms with Crippen molar-refractivity contribution in [1.29, 1.82) is 0 Å². The van der Waals surface area contributed by atoms with Crippen molar-refractivity contribution in [1.82, 2.24) is 4.90 Å². The minimum Gasteiger partial charge on any atom is -0.392 e. The van der Waals surface area contributed by atoms with Crippen molar-refractivity contribution >= 4 is 0 Å². The van der Waals surface area contributed by atoms with E-state index in [4.69, 9.17) is 0 Å². The quantitative estimate of drug-likeness (QED) is 0.695. The summed E-state index contributed by atoms with van der Waals surface area (Å²) in [6.07, 6.45) is 7.65. The van der Waals surface area contributed by atoms with Crippen LogP contribution in [0.25, 0.3) is 0 Å². The van der Waals surface area contributed by atoms with Gasteiger partial charge in [-0.1, -0.05) is 19.8 Å². The fourth-order valence-electron chi connectivity index (χ4n) is 3.05. The zero-order chi connectivity index (χ0) is 9.97. The molecule has 2 heteroatoms. The summed E-state index contributed by atoms with van der Waals surface area (Å²) >= 11 is 0. The highest BCUT2D eigenvalue weighted by Crippen LogP contribution is 2.28. The van der Waals surface area contributed by atoms with Crippen molar-refractivity contribution in [3.63, 3.8) is 0 Å². The second-order valence-electron chi connectivity index (χ2n) is 5.22. The monoisotopic (exact) mass is 197 g/mol. The summed E-state index contributed by atoms with van der Waals surface area (Å²) in [6, 6.07) is 0.772. The molecule has 14 heavy (non-hydrogen) atoms. The van der Waals surface area contributed by atoms with E-state index in [0.717, 1.165) is 24.9 Å². The zero-order valence-electron chi connectivity index (χ0n) is 9.28. The Kier molecular flexibility index (Phi) is 3.45. The molecule has 1 aliphatic carbocycles. The van der Waals surface area contributed by atoms with Gasteiger partial charge in [0.05, 0.1) is 6.10 Å². The summed E-state index contributed by atoms with van der Waals surface area (Å²) in [5.74, 6) is 0.896. The molecule has 2 fully saturated rings. The zero-order valence-corrected chi connectivity index (χ0v) is 9.28. The van der Waals surface area contributed by atoms with Gasteiger partial charge in [-0.15, -0.1) is 0 Å². The first-order chi connectivity index (χ1) is 6.75. The molecule has 0 amide bonds. The lowest BCUT2D eigenvalue weighted by Crippen LogP contribution is -2.46. The van der Waals surface area contributed by atoms with E-state index >= 15 is 0 Å². The third-order valence-electron chi connectivity index (χ3n) is 3.85. The van der Waals surface area contributed by atoms with Crippen LogP contribution in [0.4, 0.5) is 0 Å². The van der Waals surface area contributed by atoms with Gasteiger partial charge in [0.2, 0.25) is 0 Å². The Balaban J connectivity index is 1.86. The lowest BCUT2D eigenvalue weighted by molar-refractivity contribution is 0.0300. The molecule has 1 heterocycles. The predicted octanol–water partition coefficient (Wildman–Crippen LogP) is 2.02. The first kappa shape index (κ1) is 10.4. The van der Waals surface area contributed by atoms with Crippen LogP contribution in [-0.4, -0.2) is 35.2 Å². The molecule has 0 aromatic rings. The van der Waals surface area contributed by atoms with Crippen LogP contribution in [-0.2, 0) is 0 Å². The molecule has 0 unspecified atom stereocenters. The highest BCUT2D eigenvalue weighted by molar-refractivity contribution is 4.82. The van der Waals surface area contributed by atoms with Crippen LogP contribution in [0.15, 0.2) is 0 Å². The molecule has 3 atom stereocenters. The molecule has 0 spiro atoms. The number of β-amino-alcohol motifs (C(OH)–C–C–N with tert-alkyl or cyclic N) is 1. The predicted molar refractivity (Wildman–Crippen MR) is 58.2 cm³/mol. The molecular formula is C12H23NO. The Morgan fingerprint density at radius 1 is 1.14 bits per heavy atom. The summed E-state index contributed by atoms with van der Waals surface area (Å²) in [6.45, 7) is 4.51. The van der Waals surface area contributed by atoms with Crippen molar-refractivity contribution in [2.75, 3.05) is 13.1 Å². The Bertz CT molecular complexity index is 163. The maximum absolute atomic E-state index is 9.63. The summed E-state index contributed by atoms with van der Waals surface area (Å²) in [7, 11) is 0. The fourth-order valence-corrected chi connectivity index (χ4v) is 3.05. The Morgan fingerprint density at radius 2 is 2.00 bits per heavy atom. The molecule has 1 saturated carbocycles. The maximum Gasteiger partial charge on any atom is 0.0667 e. The van der Waals surface area contributed by atoms with Crippen molar-refractivity contribution in [2.45, 2.75) is 57.6 Å². The highest BCUT2D eigenvalue weighted by Gasteiger charge is 2.27. The van der Waals surface area contributed by atoms with Gasteiger partial charge in [-0.3, -0.25) is 4.90 Å². The second kappa shape index (κ2) is 4.63. The topological polar surface area (TPSA) is 23.5 Å². The average molecular weight is 197 g/mol.